The van der Waals surface area contributed by atoms with E-state index < -0.39 is 0 Å². The standard InChI is InChI=1S/C24H17BrCl2N2O3S/c1-31-17-8-6-16(7-9-17)28-24-29-23(30)21(33-24)12-14-10-18(25)22(20(27)11-14)32-13-15-4-2-3-5-19(15)26/h2-12H,13H2,1H3,(H,28,29,30)/b21-12-. The number of amidine groups is 1. The van der Waals surface area contributed by atoms with Gasteiger partial charge in [-0.1, -0.05) is 41.4 Å². The van der Waals surface area contributed by atoms with Crippen LogP contribution in [-0.4, -0.2) is 18.2 Å². The summed E-state index contributed by atoms with van der Waals surface area (Å²) in [4.78, 5) is 17.4. The molecule has 1 aliphatic heterocycles. The topological polar surface area (TPSA) is 59.9 Å². The van der Waals surface area contributed by atoms with Gasteiger partial charge in [0.25, 0.3) is 5.91 Å². The van der Waals surface area contributed by atoms with Gasteiger partial charge in [-0.15, -0.1) is 0 Å². The van der Waals surface area contributed by atoms with Crippen LogP contribution in [0.3, 0.4) is 0 Å². The van der Waals surface area contributed by atoms with Crippen molar-refractivity contribution < 1.29 is 14.3 Å². The maximum Gasteiger partial charge on any atom is 0.264 e. The summed E-state index contributed by atoms with van der Waals surface area (Å²) in [7, 11) is 1.60. The number of hydrogen-bond acceptors (Lipinski definition) is 5. The first-order chi connectivity index (χ1) is 15.9. The van der Waals surface area contributed by atoms with E-state index in [-0.39, 0.29) is 12.5 Å². The van der Waals surface area contributed by atoms with Crippen LogP contribution in [0.5, 0.6) is 11.5 Å². The number of aliphatic imine (C=N–C) groups is 1. The number of thioether (sulfide) groups is 1. The molecule has 3 aromatic rings. The molecule has 1 saturated heterocycles. The van der Waals surface area contributed by atoms with Gasteiger partial charge >= 0.3 is 0 Å². The second-order valence-electron chi connectivity index (χ2n) is 6.87. The van der Waals surface area contributed by atoms with E-state index in [9.17, 15) is 4.79 Å². The highest BCUT2D eigenvalue weighted by atomic mass is 79.9. The van der Waals surface area contributed by atoms with Crippen LogP contribution in [0.4, 0.5) is 5.69 Å². The summed E-state index contributed by atoms with van der Waals surface area (Å²) in [6, 6.07) is 18.3. The van der Waals surface area contributed by atoms with E-state index in [1.54, 1.807) is 19.3 Å². The van der Waals surface area contributed by atoms with Gasteiger partial charge in [0, 0.05) is 10.6 Å². The van der Waals surface area contributed by atoms with Crippen LogP contribution in [-0.2, 0) is 11.4 Å². The van der Waals surface area contributed by atoms with Crippen LogP contribution in [0.1, 0.15) is 11.1 Å². The Labute approximate surface area is 213 Å². The number of carbonyl (C=O) groups is 1. The lowest BCUT2D eigenvalue weighted by molar-refractivity contribution is -0.115. The number of nitrogens with zero attached hydrogens (tertiary/aromatic N) is 1. The predicted octanol–water partition coefficient (Wildman–Crippen LogP) is 7.24. The molecule has 4 rings (SSSR count). The zero-order valence-corrected chi connectivity index (χ0v) is 21.2. The molecule has 0 unspecified atom stereocenters. The largest absolute Gasteiger partial charge is 0.497 e. The molecule has 168 valence electrons. The van der Waals surface area contributed by atoms with Gasteiger partial charge < -0.3 is 14.8 Å². The molecule has 3 aromatic carbocycles. The van der Waals surface area contributed by atoms with Crippen LogP contribution in [0.15, 0.2) is 75.0 Å². The summed E-state index contributed by atoms with van der Waals surface area (Å²) in [5.41, 5.74) is 2.32. The molecular formula is C24H17BrCl2N2O3S. The number of benzene rings is 3. The number of ether oxygens (including phenoxy) is 2. The molecule has 5 nitrogen and oxygen atoms in total. The minimum atomic E-state index is -0.224. The number of carbonyl (C=O) groups excluding carboxylic acids is 1. The van der Waals surface area contributed by atoms with E-state index in [1.807, 2.05) is 54.6 Å². The first kappa shape index (κ1) is 23.7. The highest BCUT2D eigenvalue weighted by molar-refractivity contribution is 9.10. The molecule has 1 fully saturated rings. The lowest BCUT2D eigenvalue weighted by atomic mass is 10.2. The normalized spacial score (nSPS) is 15.7. The van der Waals surface area contributed by atoms with Crippen molar-refractivity contribution >= 4 is 73.7 Å². The molecule has 0 saturated carbocycles. The molecule has 0 bridgehead atoms. The Balaban J connectivity index is 1.49. The van der Waals surface area contributed by atoms with Crippen LogP contribution in [0, 0.1) is 0 Å². The number of nitrogens with one attached hydrogen (secondary N) is 1. The number of amides is 1. The maximum atomic E-state index is 12.4. The molecule has 1 aliphatic rings. The van der Waals surface area contributed by atoms with Crippen molar-refractivity contribution in [2.75, 3.05) is 7.11 Å². The Morgan fingerprint density at radius 3 is 2.55 bits per heavy atom. The maximum absolute atomic E-state index is 12.4. The van der Waals surface area contributed by atoms with E-state index in [1.165, 1.54) is 11.8 Å². The van der Waals surface area contributed by atoms with Gasteiger partial charge in [0.2, 0.25) is 0 Å². The zero-order chi connectivity index (χ0) is 23.4. The van der Waals surface area contributed by atoms with Gasteiger partial charge in [-0.25, -0.2) is 4.99 Å². The molecular weight excluding hydrogens is 547 g/mol. The fraction of sp³-hybridized carbons (Fsp3) is 0.0833. The van der Waals surface area contributed by atoms with Crippen molar-refractivity contribution in [1.29, 1.82) is 0 Å². The molecule has 1 heterocycles. The van der Waals surface area contributed by atoms with Gasteiger partial charge in [-0.2, -0.15) is 0 Å². The first-order valence-electron chi connectivity index (χ1n) is 9.72. The monoisotopic (exact) mass is 562 g/mol. The third-order valence-electron chi connectivity index (χ3n) is 4.60. The summed E-state index contributed by atoms with van der Waals surface area (Å²) in [6.45, 7) is 0.280. The Kier molecular flexibility index (Phi) is 7.65. The van der Waals surface area contributed by atoms with Crippen molar-refractivity contribution in [2.45, 2.75) is 6.61 Å². The van der Waals surface area contributed by atoms with Crippen LogP contribution in [0.25, 0.3) is 6.08 Å². The minimum absolute atomic E-state index is 0.224. The molecule has 0 radical (unpaired) electrons. The highest BCUT2D eigenvalue weighted by Gasteiger charge is 2.24. The molecule has 0 aromatic heterocycles. The predicted molar refractivity (Wildman–Crippen MR) is 139 cm³/mol. The van der Waals surface area contributed by atoms with Crippen LogP contribution in [0.2, 0.25) is 10.0 Å². The van der Waals surface area contributed by atoms with Crippen molar-refractivity contribution in [2.24, 2.45) is 4.99 Å². The zero-order valence-electron chi connectivity index (χ0n) is 17.3. The molecule has 0 atom stereocenters. The van der Waals surface area contributed by atoms with Gasteiger partial charge in [0.1, 0.15) is 12.4 Å². The lowest BCUT2D eigenvalue weighted by Crippen LogP contribution is -2.19. The molecule has 0 spiro atoms. The number of hydrogen-bond donors (Lipinski definition) is 1. The van der Waals surface area contributed by atoms with Crippen LogP contribution >= 0.6 is 50.9 Å². The van der Waals surface area contributed by atoms with Gasteiger partial charge in [0.15, 0.2) is 10.9 Å². The van der Waals surface area contributed by atoms with Crippen molar-refractivity contribution in [3.8, 4) is 11.5 Å². The average Bonchev–Trinajstić information content (AvgIpc) is 3.13. The van der Waals surface area contributed by atoms with E-state index in [0.717, 1.165) is 16.9 Å². The molecule has 9 heteroatoms. The van der Waals surface area contributed by atoms with Crippen molar-refractivity contribution in [1.82, 2.24) is 5.32 Å². The molecule has 1 N–H and O–H groups in total. The SMILES string of the molecule is COc1ccc(N=C2NC(=O)/C(=C/c3cc(Cl)c(OCc4ccccc4Cl)c(Br)c3)S2)cc1. The van der Waals surface area contributed by atoms with Gasteiger partial charge in [0.05, 0.1) is 27.2 Å². The fourth-order valence-corrected chi connectivity index (χ4v) is 4.99. The summed E-state index contributed by atoms with van der Waals surface area (Å²) >= 11 is 17.4. The number of rotatable bonds is 6. The highest BCUT2D eigenvalue weighted by Crippen LogP contribution is 2.37. The summed E-state index contributed by atoms with van der Waals surface area (Å²) in [6.07, 6.45) is 1.75. The smallest absolute Gasteiger partial charge is 0.264 e. The van der Waals surface area contributed by atoms with E-state index >= 15 is 0 Å². The number of methoxy groups -OCH3 is 1. The lowest BCUT2D eigenvalue weighted by Gasteiger charge is -2.12. The molecule has 1 amide bonds. The summed E-state index contributed by atoms with van der Waals surface area (Å²) in [5.74, 6) is 1.02. The Morgan fingerprint density at radius 2 is 1.85 bits per heavy atom. The fourth-order valence-electron chi connectivity index (χ4n) is 2.97. The van der Waals surface area contributed by atoms with E-state index in [4.69, 9.17) is 32.7 Å². The third kappa shape index (κ3) is 5.92. The Morgan fingerprint density at radius 1 is 1.09 bits per heavy atom. The van der Waals surface area contributed by atoms with E-state index in [0.29, 0.717) is 36.0 Å². The average molecular weight is 564 g/mol. The Bertz CT molecular complexity index is 1240. The second kappa shape index (κ2) is 10.7. The summed E-state index contributed by atoms with van der Waals surface area (Å²) in [5, 5.41) is 4.32. The van der Waals surface area contributed by atoms with Gasteiger partial charge in [-0.05, 0) is 81.8 Å². The van der Waals surface area contributed by atoms with Crippen molar-refractivity contribution in [3.05, 3.63) is 91.2 Å². The summed E-state index contributed by atoms with van der Waals surface area (Å²) < 4.78 is 11.7. The quantitative estimate of drug-likeness (QED) is 0.321. The first-order valence-corrected chi connectivity index (χ1v) is 12.1. The Hall–Kier alpha value is -2.45. The molecule has 33 heavy (non-hydrogen) atoms. The number of halogens is 3. The minimum Gasteiger partial charge on any atom is -0.497 e. The molecule has 0 aliphatic carbocycles. The second-order valence-corrected chi connectivity index (χ2v) is 9.57. The van der Waals surface area contributed by atoms with Crippen molar-refractivity contribution in [3.63, 3.8) is 0 Å². The third-order valence-corrected chi connectivity index (χ3v) is 6.75. The van der Waals surface area contributed by atoms with E-state index in [2.05, 4.69) is 26.2 Å². The van der Waals surface area contributed by atoms with Crippen LogP contribution < -0.4 is 14.8 Å². The van der Waals surface area contributed by atoms with Gasteiger partial charge in [-0.3, -0.25) is 4.79 Å².